The molecule has 0 saturated carbocycles. The molecule has 1 unspecified atom stereocenters. The monoisotopic (exact) mass is 380 g/mol. The van der Waals surface area contributed by atoms with Crippen molar-refractivity contribution in [3.05, 3.63) is 65.9 Å². The number of carbonyl (C=O) groups excluding carboxylic acids is 2. The standard InChI is InChI=1S/C21H21FN4O2/c22-16-4-5-19-18(10-16)14(11-24-19)6-8-26-13-15(9-20(26)27)21(28)25-12-17-3-1-2-7-23-17/h1-5,7,10-11,15,24H,6,8-9,12-13H2,(H,25,28). The Balaban J connectivity index is 1.33. The number of likely N-dealkylation sites (tertiary alicyclic amines) is 1. The number of fused-ring (bicyclic) bond motifs is 1. The van der Waals surface area contributed by atoms with Gasteiger partial charge < -0.3 is 15.2 Å². The average Bonchev–Trinajstić information content (AvgIpc) is 3.28. The summed E-state index contributed by atoms with van der Waals surface area (Å²) in [4.78, 5) is 33.7. The number of hydrogen-bond donors (Lipinski definition) is 2. The first kappa shape index (κ1) is 18.2. The van der Waals surface area contributed by atoms with Crippen LogP contribution in [0.4, 0.5) is 4.39 Å². The van der Waals surface area contributed by atoms with Crippen molar-refractivity contribution in [2.75, 3.05) is 13.1 Å². The Morgan fingerprint density at radius 2 is 2.21 bits per heavy atom. The van der Waals surface area contributed by atoms with Crippen LogP contribution in [0.15, 0.2) is 48.8 Å². The van der Waals surface area contributed by atoms with Crippen LogP contribution in [0.2, 0.25) is 0 Å². The number of rotatable bonds is 6. The maximum atomic E-state index is 13.5. The van der Waals surface area contributed by atoms with Crippen LogP contribution in [0, 0.1) is 11.7 Å². The van der Waals surface area contributed by atoms with Gasteiger partial charge in [-0.25, -0.2) is 4.39 Å². The van der Waals surface area contributed by atoms with E-state index >= 15 is 0 Å². The minimum atomic E-state index is -0.350. The van der Waals surface area contributed by atoms with Gasteiger partial charge in [-0.2, -0.15) is 0 Å². The number of nitrogens with zero attached hydrogens (tertiary/aromatic N) is 2. The Bertz CT molecular complexity index is 1000. The summed E-state index contributed by atoms with van der Waals surface area (Å²) in [5.74, 6) is -0.786. The van der Waals surface area contributed by atoms with E-state index in [1.54, 1.807) is 17.2 Å². The lowest BCUT2D eigenvalue weighted by atomic mass is 10.1. The fraction of sp³-hybridized carbons (Fsp3) is 0.286. The third kappa shape index (κ3) is 3.88. The molecule has 2 aromatic heterocycles. The van der Waals surface area contributed by atoms with Gasteiger partial charge in [0.2, 0.25) is 11.8 Å². The number of pyridine rings is 1. The van der Waals surface area contributed by atoms with Crippen molar-refractivity contribution in [3.8, 4) is 0 Å². The molecule has 1 aliphatic rings. The van der Waals surface area contributed by atoms with Crippen LogP contribution >= 0.6 is 0 Å². The average molecular weight is 380 g/mol. The first-order valence-electron chi connectivity index (χ1n) is 9.31. The molecule has 0 radical (unpaired) electrons. The molecule has 3 heterocycles. The molecule has 7 heteroatoms. The Morgan fingerprint density at radius 3 is 3.04 bits per heavy atom. The number of halogens is 1. The van der Waals surface area contributed by atoms with E-state index in [2.05, 4.69) is 15.3 Å². The number of benzene rings is 1. The third-order valence-corrected chi connectivity index (χ3v) is 5.14. The van der Waals surface area contributed by atoms with E-state index in [9.17, 15) is 14.0 Å². The molecule has 2 N–H and O–H groups in total. The summed E-state index contributed by atoms with van der Waals surface area (Å²) in [6, 6.07) is 10.2. The molecule has 28 heavy (non-hydrogen) atoms. The van der Waals surface area contributed by atoms with Crippen molar-refractivity contribution in [1.29, 1.82) is 0 Å². The minimum absolute atomic E-state index is 0.0241. The highest BCUT2D eigenvalue weighted by molar-refractivity contribution is 5.89. The van der Waals surface area contributed by atoms with Gasteiger partial charge in [0.05, 0.1) is 18.2 Å². The molecule has 3 aromatic rings. The summed E-state index contributed by atoms with van der Waals surface area (Å²) in [6.07, 6.45) is 4.36. The molecular formula is C21H21FN4O2. The number of carbonyl (C=O) groups is 2. The van der Waals surface area contributed by atoms with E-state index in [4.69, 9.17) is 0 Å². The van der Waals surface area contributed by atoms with Gasteiger partial charge in [-0.05, 0) is 42.3 Å². The van der Waals surface area contributed by atoms with Gasteiger partial charge >= 0.3 is 0 Å². The second kappa shape index (κ2) is 7.80. The minimum Gasteiger partial charge on any atom is -0.361 e. The maximum Gasteiger partial charge on any atom is 0.225 e. The van der Waals surface area contributed by atoms with E-state index in [0.717, 1.165) is 22.2 Å². The lowest BCUT2D eigenvalue weighted by Crippen LogP contribution is -2.33. The normalized spacial score (nSPS) is 16.7. The van der Waals surface area contributed by atoms with Gasteiger partial charge in [0, 0.05) is 42.8 Å². The van der Waals surface area contributed by atoms with Crippen LogP contribution < -0.4 is 5.32 Å². The fourth-order valence-electron chi connectivity index (χ4n) is 3.60. The predicted octanol–water partition coefficient (Wildman–Crippen LogP) is 2.41. The highest BCUT2D eigenvalue weighted by Gasteiger charge is 2.33. The summed E-state index contributed by atoms with van der Waals surface area (Å²) in [5.41, 5.74) is 2.62. The highest BCUT2D eigenvalue weighted by atomic mass is 19.1. The van der Waals surface area contributed by atoms with Crippen LogP contribution in [0.5, 0.6) is 0 Å². The molecule has 144 valence electrons. The summed E-state index contributed by atoms with van der Waals surface area (Å²) in [7, 11) is 0. The smallest absolute Gasteiger partial charge is 0.225 e. The second-order valence-corrected chi connectivity index (χ2v) is 7.03. The molecule has 2 amide bonds. The molecule has 4 rings (SSSR count). The zero-order chi connectivity index (χ0) is 19.5. The van der Waals surface area contributed by atoms with Crippen molar-refractivity contribution < 1.29 is 14.0 Å². The third-order valence-electron chi connectivity index (χ3n) is 5.14. The van der Waals surface area contributed by atoms with Crippen molar-refractivity contribution in [2.45, 2.75) is 19.4 Å². The number of nitrogens with one attached hydrogen (secondary N) is 2. The lowest BCUT2D eigenvalue weighted by molar-refractivity contribution is -0.129. The van der Waals surface area contributed by atoms with Crippen molar-refractivity contribution in [1.82, 2.24) is 20.2 Å². The zero-order valence-electron chi connectivity index (χ0n) is 15.3. The molecule has 0 spiro atoms. The van der Waals surface area contributed by atoms with Gasteiger partial charge in [-0.15, -0.1) is 0 Å². The largest absolute Gasteiger partial charge is 0.361 e. The first-order valence-corrected chi connectivity index (χ1v) is 9.31. The molecule has 0 aliphatic carbocycles. The van der Waals surface area contributed by atoms with E-state index in [-0.39, 0.29) is 30.0 Å². The van der Waals surface area contributed by atoms with Crippen molar-refractivity contribution in [3.63, 3.8) is 0 Å². The lowest BCUT2D eigenvalue weighted by Gasteiger charge is -2.16. The topological polar surface area (TPSA) is 78.1 Å². The van der Waals surface area contributed by atoms with Gasteiger partial charge in [0.25, 0.3) is 0 Å². The summed E-state index contributed by atoms with van der Waals surface area (Å²) < 4.78 is 13.5. The van der Waals surface area contributed by atoms with E-state index in [0.29, 0.717) is 26.1 Å². The summed E-state index contributed by atoms with van der Waals surface area (Å²) in [6.45, 7) is 1.27. The molecular weight excluding hydrogens is 359 g/mol. The van der Waals surface area contributed by atoms with Crippen LogP contribution in [0.3, 0.4) is 0 Å². The van der Waals surface area contributed by atoms with Crippen LogP contribution in [-0.4, -0.2) is 39.8 Å². The maximum absolute atomic E-state index is 13.5. The fourth-order valence-corrected chi connectivity index (χ4v) is 3.60. The Hall–Kier alpha value is -3.22. The number of aromatic nitrogens is 2. The van der Waals surface area contributed by atoms with Crippen LogP contribution in [-0.2, 0) is 22.6 Å². The molecule has 6 nitrogen and oxygen atoms in total. The number of aromatic amines is 1. The SMILES string of the molecule is O=C(NCc1ccccn1)C1CC(=O)N(CCc2c[nH]c3ccc(F)cc23)C1. The van der Waals surface area contributed by atoms with Crippen molar-refractivity contribution >= 4 is 22.7 Å². The molecule has 1 fully saturated rings. The van der Waals surface area contributed by atoms with E-state index < -0.39 is 0 Å². The predicted molar refractivity (Wildman–Crippen MR) is 103 cm³/mol. The summed E-state index contributed by atoms with van der Waals surface area (Å²) >= 11 is 0. The van der Waals surface area contributed by atoms with E-state index in [1.807, 2.05) is 24.4 Å². The number of amides is 2. The molecule has 1 aromatic carbocycles. The van der Waals surface area contributed by atoms with Gasteiger partial charge in [-0.1, -0.05) is 6.07 Å². The second-order valence-electron chi connectivity index (χ2n) is 7.03. The Labute approximate surface area is 161 Å². The molecule has 1 atom stereocenters. The highest BCUT2D eigenvalue weighted by Crippen LogP contribution is 2.22. The first-order chi connectivity index (χ1) is 13.6. The summed E-state index contributed by atoms with van der Waals surface area (Å²) in [5, 5.41) is 3.68. The number of hydrogen-bond acceptors (Lipinski definition) is 3. The van der Waals surface area contributed by atoms with Gasteiger partial charge in [-0.3, -0.25) is 14.6 Å². The Kier molecular flexibility index (Phi) is 5.06. The van der Waals surface area contributed by atoms with Gasteiger partial charge in [0.1, 0.15) is 5.82 Å². The van der Waals surface area contributed by atoms with Crippen LogP contribution in [0.25, 0.3) is 10.9 Å². The zero-order valence-corrected chi connectivity index (χ0v) is 15.3. The van der Waals surface area contributed by atoms with Crippen LogP contribution in [0.1, 0.15) is 17.7 Å². The number of H-pyrrole nitrogens is 1. The quantitative estimate of drug-likeness (QED) is 0.689. The van der Waals surface area contributed by atoms with Gasteiger partial charge in [0.15, 0.2) is 0 Å². The van der Waals surface area contributed by atoms with E-state index in [1.165, 1.54) is 12.1 Å². The van der Waals surface area contributed by atoms with Crippen molar-refractivity contribution in [2.24, 2.45) is 5.92 Å². The molecule has 0 bridgehead atoms. The Morgan fingerprint density at radius 1 is 1.32 bits per heavy atom. The molecule has 1 saturated heterocycles. The molecule has 1 aliphatic heterocycles.